The van der Waals surface area contributed by atoms with Gasteiger partial charge in [-0.1, -0.05) is 19.4 Å². The number of hydrogen-bond acceptors (Lipinski definition) is 2. The van der Waals surface area contributed by atoms with Crippen molar-refractivity contribution in [3.8, 4) is 0 Å². The SMILES string of the molecule is CCCCN(C)/C=N/c1cccc(=O)[nH]1. The molecule has 0 unspecified atom stereocenters. The summed E-state index contributed by atoms with van der Waals surface area (Å²) < 4.78 is 0. The van der Waals surface area contributed by atoms with Gasteiger partial charge in [0.15, 0.2) is 0 Å². The Balaban J connectivity index is 2.53. The first-order valence-corrected chi connectivity index (χ1v) is 5.16. The second-order valence-corrected chi connectivity index (χ2v) is 3.48. The molecule has 1 N–H and O–H groups in total. The maximum Gasteiger partial charge on any atom is 0.249 e. The van der Waals surface area contributed by atoms with Crippen LogP contribution < -0.4 is 5.56 Å². The summed E-state index contributed by atoms with van der Waals surface area (Å²) in [7, 11) is 1.97. The minimum atomic E-state index is -0.124. The first kappa shape index (κ1) is 11.5. The molecule has 0 saturated heterocycles. The Morgan fingerprint density at radius 1 is 1.53 bits per heavy atom. The Morgan fingerprint density at radius 3 is 3.00 bits per heavy atom. The topological polar surface area (TPSA) is 48.5 Å². The van der Waals surface area contributed by atoms with Gasteiger partial charge >= 0.3 is 0 Å². The molecule has 0 aliphatic rings. The molecular weight excluding hydrogens is 190 g/mol. The molecule has 82 valence electrons. The van der Waals surface area contributed by atoms with E-state index in [1.165, 1.54) is 12.5 Å². The van der Waals surface area contributed by atoms with Gasteiger partial charge in [0.05, 0.1) is 6.34 Å². The average molecular weight is 207 g/mol. The van der Waals surface area contributed by atoms with Crippen LogP contribution in [0.4, 0.5) is 5.82 Å². The molecule has 1 aromatic heterocycles. The van der Waals surface area contributed by atoms with Crippen molar-refractivity contribution < 1.29 is 0 Å². The standard InChI is InChI=1S/C11H17N3O/c1-3-4-8-14(2)9-12-10-6-5-7-11(15)13-10/h5-7,9H,3-4,8H2,1-2H3,(H,13,15)/b12-9+. The van der Waals surface area contributed by atoms with E-state index in [9.17, 15) is 4.79 Å². The van der Waals surface area contributed by atoms with Crippen molar-refractivity contribution in [2.45, 2.75) is 19.8 Å². The summed E-state index contributed by atoms with van der Waals surface area (Å²) in [5.41, 5.74) is -0.124. The third kappa shape index (κ3) is 4.44. The van der Waals surface area contributed by atoms with Crippen molar-refractivity contribution in [2.24, 2.45) is 4.99 Å². The fraction of sp³-hybridized carbons (Fsp3) is 0.455. The van der Waals surface area contributed by atoms with Crippen molar-refractivity contribution >= 4 is 12.2 Å². The maximum atomic E-state index is 11.0. The summed E-state index contributed by atoms with van der Waals surface area (Å²) in [5.74, 6) is 0.589. The highest BCUT2D eigenvalue weighted by molar-refractivity contribution is 5.59. The number of unbranched alkanes of at least 4 members (excludes halogenated alkanes) is 1. The van der Waals surface area contributed by atoms with Gasteiger partial charge in [-0.3, -0.25) is 4.79 Å². The fourth-order valence-electron chi connectivity index (χ4n) is 1.14. The molecule has 4 nitrogen and oxygen atoms in total. The summed E-state index contributed by atoms with van der Waals surface area (Å²) in [6.07, 6.45) is 4.05. The number of H-pyrrole nitrogens is 1. The minimum Gasteiger partial charge on any atom is -0.366 e. The summed E-state index contributed by atoms with van der Waals surface area (Å²) in [5, 5.41) is 0. The third-order valence-electron chi connectivity index (χ3n) is 2.01. The normalized spacial score (nSPS) is 10.8. The van der Waals surface area contributed by atoms with Crippen LogP contribution in [0.2, 0.25) is 0 Å². The van der Waals surface area contributed by atoms with Gasteiger partial charge in [-0.05, 0) is 12.5 Å². The Labute approximate surface area is 89.7 Å². The lowest BCUT2D eigenvalue weighted by atomic mass is 10.3. The smallest absolute Gasteiger partial charge is 0.249 e. The van der Waals surface area contributed by atoms with Gasteiger partial charge in [-0.25, -0.2) is 4.99 Å². The lowest BCUT2D eigenvalue weighted by Gasteiger charge is -2.11. The van der Waals surface area contributed by atoms with E-state index < -0.39 is 0 Å². The molecule has 15 heavy (non-hydrogen) atoms. The number of hydrogen-bond donors (Lipinski definition) is 1. The zero-order valence-electron chi connectivity index (χ0n) is 9.23. The molecule has 0 saturated carbocycles. The van der Waals surface area contributed by atoms with Crippen LogP contribution in [0, 0.1) is 0 Å². The van der Waals surface area contributed by atoms with Gasteiger partial charge in [0.1, 0.15) is 5.82 Å². The second-order valence-electron chi connectivity index (χ2n) is 3.48. The molecule has 0 aliphatic carbocycles. The number of aliphatic imine (C=N–C) groups is 1. The zero-order valence-corrected chi connectivity index (χ0v) is 9.23. The van der Waals surface area contributed by atoms with Gasteiger partial charge in [0, 0.05) is 19.7 Å². The fourth-order valence-corrected chi connectivity index (χ4v) is 1.14. The molecule has 1 rings (SSSR count). The van der Waals surface area contributed by atoms with Gasteiger partial charge < -0.3 is 9.88 Å². The van der Waals surface area contributed by atoms with Gasteiger partial charge in [-0.2, -0.15) is 0 Å². The van der Waals surface area contributed by atoms with Crippen molar-refractivity contribution in [3.05, 3.63) is 28.6 Å². The molecular formula is C11H17N3O. The molecule has 0 aromatic carbocycles. The molecule has 0 fully saturated rings. The second kappa shape index (κ2) is 6.01. The average Bonchev–Trinajstić information content (AvgIpc) is 2.23. The van der Waals surface area contributed by atoms with Crippen LogP contribution in [0.25, 0.3) is 0 Å². The molecule has 0 radical (unpaired) electrons. The molecule has 1 aromatic rings. The predicted molar refractivity (Wildman–Crippen MR) is 62.8 cm³/mol. The lowest BCUT2D eigenvalue weighted by molar-refractivity contribution is 0.497. The Hall–Kier alpha value is -1.58. The quantitative estimate of drug-likeness (QED) is 0.591. The van der Waals surface area contributed by atoms with E-state index in [0.717, 1.165) is 13.0 Å². The molecule has 0 atom stereocenters. The number of nitrogens with zero attached hydrogens (tertiary/aromatic N) is 2. The summed E-state index contributed by atoms with van der Waals surface area (Å²) >= 11 is 0. The van der Waals surface area contributed by atoms with E-state index in [0.29, 0.717) is 5.82 Å². The minimum absolute atomic E-state index is 0.124. The van der Waals surface area contributed by atoms with Crippen LogP contribution in [0.5, 0.6) is 0 Å². The number of pyridine rings is 1. The van der Waals surface area contributed by atoms with Crippen LogP contribution in [-0.4, -0.2) is 29.8 Å². The van der Waals surface area contributed by atoms with E-state index >= 15 is 0 Å². The highest BCUT2D eigenvalue weighted by atomic mass is 16.1. The Bertz CT molecular complexity index is 370. The molecule has 0 spiro atoms. The zero-order chi connectivity index (χ0) is 11.1. The number of nitrogens with one attached hydrogen (secondary N) is 1. The van der Waals surface area contributed by atoms with E-state index in [1.807, 2.05) is 11.9 Å². The van der Waals surface area contributed by atoms with E-state index in [4.69, 9.17) is 0 Å². The lowest BCUT2D eigenvalue weighted by Crippen LogP contribution is -2.17. The first-order chi connectivity index (χ1) is 7.22. The van der Waals surface area contributed by atoms with E-state index in [-0.39, 0.29) is 5.56 Å². The van der Waals surface area contributed by atoms with E-state index in [1.54, 1.807) is 18.5 Å². The molecule has 1 heterocycles. The van der Waals surface area contributed by atoms with Crippen molar-refractivity contribution in [1.29, 1.82) is 0 Å². The predicted octanol–water partition coefficient (Wildman–Crippen LogP) is 1.77. The summed E-state index contributed by atoms with van der Waals surface area (Å²) in [6.45, 7) is 3.14. The van der Waals surface area contributed by atoms with Crippen LogP contribution in [-0.2, 0) is 0 Å². The molecule has 0 bridgehead atoms. The van der Waals surface area contributed by atoms with E-state index in [2.05, 4.69) is 16.9 Å². The Morgan fingerprint density at radius 2 is 2.33 bits per heavy atom. The van der Waals surface area contributed by atoms with Gasteiger partial charge in [0.25, 0.3) is 0 Å². The van der Waals surface area contributed by atoms with Gasteiger partial charge in [-0.15, -0.1) is 0 Å². The number of aromatic amines is 1. The first-order valence-electron chi connectivity index (χ1n) is 5.16. The highest BCUT2D eigenvalue weighted by Gasteiger charge is 1.91. The molecule has 0 amide bonds. The van der Waals surface area contributed by atoms with Crippen LogP contribution in [0.3, 0.4) is 0 Å². The highest BCUT2D eigenvalue weighted by Crippen LogP contribution is 2.01. The van der Waals surface area contributed by atoms with Crippen molar-refractivity contribution in [2.75, 3.05) is 13.6 Å². The van der Waals surface area contributed by atoms with Crippen LogP contribution >= 0.6 is 0 Å². The summed E-state index contributed by atoms with van der Waals surface area (Å²) in [4.78, 5) is 19.8. The third-order valence-corrected chi connectivity index (χ3v) is 2.01. The van der Waals surface area contributed by atoms with Crippen LogP contribution in [0.1, 0.15) is 19.8 Å². The molecule has 0 aliphatic heterocycles. The summed E-state index contributed by atoms with van der Waals surface area (Å²) in [6, 6.07) is 4.93. The Kier molecular flexibility index (Phi) is 4.60. The van der Waals surface area contributed by atoms with Gasteiger partial charge in [0.2, 0.25) is 5.56 Å². The number of aromatic nitrogens is 1. The van der Waals surface area contributed by atoms with Crippen molar-refractivity contribution in [3.63, 3.8) is 0 Å². The van der Waals surface area contributed by atoms with Crippen LogP contribution in [0.15, 0.2) is 28.0 Å². The maximum absolute atomic E-state index is 11.0. The monoisotopic (exact) mass is 207 g/mol. The largest absolute Gasteiger partial charge is 0.366 e. The number of rotatable bonds is 5. The molecule has 4 heteroatoms. The van der Waals surface area contributed by atoms with Crippen molar-refractivity contribution in [1.82, 2.24) is 9.88 Å².